The number of rotatable bonds is 7. The van der Waals surface area contributed by atoms with Gasteiger partial charge < -0.3 is 14.5 Å². The van der Waals surface area contributed by atoms with Crippen LogP contribution in [0.4, 0.5) is 0 Å². The lowest BCUT2D eigenvalue weighted by atomic mass is 10.2. The molecule has 1 saturated carbocycles. The first-order valence-electron chi connectivity index (χ1n) is 8.00. The summed E-state index contributed by atoms with van der Waals surface area (Å²) >= 11 is 0. The fourth-order valence-electron chi connectivity index (χ4n) is 2.71. The SMILES string of the molecule is COc1ncccc1CNC(=O)CCc1ccc(C2CC2C)o1. The number of carbonyl (C=O) groups excluding carboxylic acids is 1. The van der Waals surface area contributed by atoms with E-state index in [1.54, 1.807) is 13.3 Å². The van der Waals surface area contributed by atoms with Crippen LogP contribution < -0.4 is 10.1 Å². The van der Waals surface area contributed by atoms with Crippen LogP contribution in [-0.2, 0) is 17.8 Å². The summed E-state index contributed by atoms with van der Waals surface area (Å²) in [7, 11) is 1.57. The molecule has 0 radical (unpaired) electrons. The molecular formula is C18H22N2O3. The summed E-state index contributed by atoms with van der Waals surface area (Å²) < 4.78 is 11.0. The van der Waals surface area contributed by atoms with E-state index in [1.165, 1.54) is 6.42 Å². The van der Waals surface area contributed by atoms with E-state index < -0.39 is 0 Å². The van der Waals surface area contributed by atoms with Crippen LogP contribution in [0.1, 0.15) is 42.8 Å². The van der Waals surface area contributed by atoms with Gasteiger partial charge in [0, 0.05) is 37.1 Å². The van der Waals surface area contributed by atoms with Crippen molar-refractivity contribution >= 4 is 5.91 Å². The Morgan fingerprint density at radius 2 is 2.26 bits per heavy atom. The van der Waals surface area contributed by atoms with Crippen molar-refractivity contribution in [3.63, 3.8) is 0 Å². The van der Waals surface area contributed by atoms with Crippen LogP contribution >= 0.6 is 0 Å². The summed E-state index contributed by atoms with van der Waals surface area (Å²) in [6.07, 6.45) is 3.91. The molecule has 2 aromatic heterocycles. The molecule has 0 saturated heterocycles. The average molecular weight is 314 g/mol. The Morgan fingerprint density at radius 1 is 1.43 bits per heavy atom. The van der Waals surface area contributed by atoms with Crippen molar-refractivity contribution < 1.29 is 13.9 Å². The first-order chi connectivity index (χ1) is 11.2. The molecule has 1 aliphatic carbocycles. The van der Waals surface area contributed by atoms with E-state index in [0.717, 1.165) is 23.0 Å². The van der Waals surface area contributed by atoms with Crippen molar-refractivity contribution in [2.45, 2.75) is 38.6 Å². The number of pyridine rings is 1. The third kappa shape index (κ3) is 3.92. The van der Waals surface area contributed by atoms with Crippen molar-refractivity contribution in [1.29, 1.82) is 0 Å². The van der Waals surface area contributed by atoms with Gasteiger partial charge in [-0.15, -0.1) is 0 Å². The minimum absolute atomic E-state index is 0.00588. The maximum absolute atomic E-state index is 12.0. The molecule has 5 heteroatoms. The van der Waals surface area contributed by atoms with Gasteiger partial charge in [-0.1, -0.05) is 13.0 Å². The molecule has 2 unspecified atom stereocenters. The normalized spacial score (nSPS) is 19.4. The van der Waals surface area contributed by atoms with Crippen LogP contribution in [0.25, 0.3) is 0 Å². The molecule has 2 heterocycles. The van der Waals surface area contributed by atoms with Crippen LogP contribution in [0.2, 0.25) is 0 Å². The van der Waals surface area contributed by atoms with Gasteiger partial charge in [0.15, 0.2) is 0 Å². The molecule has 5 nitrogen and oxygen atoms in total. The minimum Gasteiger partial charge on any atom is -0.481 e. The Hall–Kier alpha value is -2.30. The molecule has 0 aromatic carbocycles. The van der Waals surface area contributed by atoms with E-state index in [0.29, 0.717) is 31.2 Å². The summed E-state index contributed by atoms with van der Waals surface area (Å²) in [5.41, 5.74) is 0.867. The number of ether oxygens (including phenoxy) is 1. The molecule has 2 atom stereocenters. The van der Waals surface area contributed by atoms with Crippen LogP contribution in [0, 0.1) is 5.92 Å². The lowest BCUT2D eigenvalue weighted by Gasteiger charge is -2.08. The molecule has 0 bridgehead atoms. The first kappa shape index (κ1) is 15.6. The van der Waals surface area contributed by atoms with Crippen molar-refractivity contribution in [1.82, 2.24) is 10.3 Å². The minimum atomic E-state index is -0.00588. The molecule has 0 spiro atoms. The van der Waals surface area contributed by atoms with Crippen molar-refractivity contribution in [3.8, 4) is 5.88 Å². The highest BCUT2D eigenvalue weighted by Crippen LogP contribution is 2.47. The maximum Gasteiger partial charge on any atom is 0.220 e. The molecule has 1 fully saturated rings. The van der Waals surface area contributed by atoms with Gasteiger partial charge in [-0.2, -0.15) is 0 Å². The number of hydrogen-bond acceptors (Lipinski definition) is 4. The van der Waals surface area contributed by atoms with E-state index in [2.05, 4.69) is 17.2 Å². The largest absolute Gasteiger partial charge is 0.481 e. The second kappa shape index (κ2) is 6.86. The van der Waals surface area contributed by atoms with Crippen molar-refractivity contribution in [2.24, 2.45) is 5.92 Å². The number of amides is 1. The lowest BCUT2D eigenvalue weighted by Crippen LogP contribution is -2.23. The zero-order valence-electron chi connectivity index (χ0n) is 13.5. The number of aromatic nitrogens is 1. The Kier molecular flexibility index (Phi) is 4.65. The predicted octanol–water partition coefficient (Wildman–Crippen LogP) is 3.06. The van der Waals surface area contributed by atoms with Crippen LogP contribution in [0.3, 0.4) is 0 Å². The highest BCUT2D eigenvalue weighted by molar-refractivity contribution is 5.76. The highest BCUT2D eigenvalue weighted by atomic mass is 16.5. The number of carbonyl (C=O) groups is 1. The fourth-order valence-corrected chi connectivity index (χ4v) is 2.71. The van der Waals surface area contributed by atoms with Gasteiger partial charge in [0.2, 0.25) is 11.8 Å². The summed E-state index contributed by atoms with van der Waals surface area (Å²) in [5, 5.41) is 2.89. The molecule has 3 rings (SSSR count). The monoisotopic (exact) mass is 314 g/mol. The van der Waals surface area contributed by atoms with Gasteiger partial charge in [0.25, 0.3) is 0 Å². The van der Waals surface area contributed by atoms with Gasteiger partial charge in [-0.05, 0) is 30.5 Å². The van der Waals surface area contributed by atoms with Crippen LogP contribution in [0.15, 0.2) is 34.9 Å². The summed E-state index contributed by atoms with van der Waals surface area (Å²) in [5.74, 6) is 3.79. The predicted molar refractivity (Wildman–Crippen MR) is 86.2 cm³/mol. The molecule has 23 heavy (non-hydrogen) atoms. The van der Waals surface area contributed by atoms with E-state index >= 15 is 0 Å². The lowest BCUT2D eigenvalue weighted by molar-refractivity contribution is -0.121. The van der Waals surface area contributed by atoms with Crippen LogP contribution in [-0.4, -0.2) is 18.0 Å². The number of methoxy groups -OCH3 is 1. The van der Waals surface area contributed by atoms with E-state index in [9.17, 15) is 4.79 Å². The first-order valence-corrected chi connectivity index (χ1v) is 8.00. The summed E-state index contributed by atoms with van der Waals surface area (Å²) in [6, 6.07) is 7.74. The van der Waals surface area contributed by atoms with Gasteiger partial charge in [-0.25, -0.2) is 4.98 Å². The topological polar surface area (TPSA) is 64.4 Å². The fraction of sp³-hybridized carbons (Fsp3) is 0.444. The molecule has 2 aromatic rings. The molecule has 1 amide bonds. The number of hydrogen-bond donors (Lipinski definition) is 1. The van der Waals surface area contributed by atoms with Gasteiger partial charge in [-0.3, -0.25) is 4.79 Å². The van der Waals surface area contributed by atoms with E-state index in [1.807, 2.05) is 24.3 Å². The van der Waals surface area contributed by atoms with Gasteiger partial charge in [0.1, 0.15) is 11.5 Å². The van der Waals surface area contributed by atoms with E-state index in [-0.39, 0.29) is 5.91 Å². The number of nitrogens with zero attached hydrogens (tertiary/aromatic N) is 1. The standard InChI is InChI=1S/C18H22N2O3/c1-12-10-15(12)16-7-5-14(23-16)6-8-17(21)20-11-13-4-3-9-19-18(13)22-2/h3-5,7,9,12,15H,6,8,10-11H2,1-2H3,(H,20,21). The third-order valence-electron chi connectivity index (χ3n) is 4.28. The Morgan fingerprint density at radius 3 is 3.00 bits per heavy atom. The summed E-state index contributed by atoms with van der Waals surface area (Å²) in [6.45, 7) is 2.64. The molecule has 1 N–H and O–H groups in total. The van der Waals surface area contributed by atoms with Gasteiger partial charge in [0.05, 0.1) is 7.11 Å². The molecule has 1 aliphatic rings. The zero-order valence-corrected chi connectivity index (χ0v) is 13.5. The van der Waals surface area contributed by atoms with Crippen molar-refractivity contribution in [2.75, 3.05) is 7.11 Å². The Bertz CT molecular complexity index is 680. The average Bonchev–Trinajstić information content (AvgIpc) is 3.11. The number of aryl methyl sites for hydroxylation is 1. The Balaban J connectivity index is 1.45. The van der Waals surface area contributed by atoms with E-state index in [4.69, 9.17) is 9.15 Å². The number of furan rings is 1. The van der Waals surface area contributed by atoms with Crippen LogP contribution in [0.5, 0.6) is 5.88 Å². The second-order valence-corrected chi connectivity index (χ2v) is 6.07. The smallest absolute Gasteiger partial charge is 0.220 e. The molecule has 122 valence electrons. The van der Waals surface area contributed by atoms with Crippen molar-refractivity contribution in [3.05, 3.63) is 47.5 Å². The summed E-state index contributed by atoms with van der Waals surface area (Å²) in [4.78, 5) is 16.1. The maximum atomic E-state index is 12.0. The Labute approximate surface area is 136 Å². The number of nitrogens with one attached hydrogen (secondary N) is 1. The second-order valence-electron chi connectivity index (χ2n) is 6.07. The highest BCUT2D eigenvalue weighted by Gasteiger charge is 2.36. The zero-order chi connectivity index (χ0) is 16.2. The quantitative estimate of drug-likeness (QED) is 0.853. The molecule has 0 aliphatic heterocycles. The third-order valence-corrected chi connectivity index (χ3v) is 4.28. The molecular weight excluding hydrogens is 292 g/mol. The van der Waals surface area contributed by atoms with Gasteiger partial charge >= 0.3 is 0 Å².